The van der Waals surface area contributed by atoms with E-state index in [1.165, 1.54) is 99.1 Å². The third kappa shape index (κ3) is 4.68. The molecule has 0 N–H and O–H groups in total. The molecular formula is C51H36. The molecule has 0 fully saturated rings. The van der Waals surface area contributed by atoms with Crippen molar-refractivity contribution < 1.29 is 0 Å². The summed E-state index contributed by atoms with van der Waals surface area (Å²) in [5.41, 5.74) is 15.5. The Labute approximate surface area is 299 Å². The molecule has 0 radical (unpaired) electrons. The molecule has 0 nitrogen and oxygen atoms in total. The van der Waals surface area contributed by atoms with Gasteiger partial charge in [-0.15, -0.1) is 0 Å². The van der Waals surface area contributed by atoms with Crippen molar-refractivity contribution in [1.29, 1.82) is 0 Å². The van der Waals surface area contributed by atoms with Crippen LogP contribution in [-0.4, -0.2) is 0 Å². The summed E-state index contributed by atoms with van der Waals surface area (Å²) in [4.78, 5) is 0. The summed E-state index contributed by atoms with van der Waals surface area (Å²) in [5, 5.41) is 7.69. The molecule has 0 bridgehead atoms. The van der Waals surface area contributed by atoms with Crippen LogP contribution in [0.25, 0.3) is 88.0 Å². The van der Waals surface area contributed by atoms with Crippen molar-refractivity contribution in [3.8, 4) is 55.6 Å². The Kier molecular flexibility index (Phi) is 6.63. The van der Waals surface area contributed by atoms with Gasteiger partial charge in [0.1, 0.15) is 0 Å². The fourth-order valence-corrected chi connectivity index (χ4v) is 8.67. The third-order valence-corrected chi connectivity index (χ3v) is 11.2. The zero-order chi connectivity index (χ0) is 34.1. The molecule has 0 amide bonds. The highest BCUT2D eigenvalue weighted by Gasteiger charge is 2.36. The summed E-state index contributed by atoms with van der Waals surface area (Å²) in [5.74, 6) is 0. The van der Waals surface area contributed by atoms with Crippen molar-refractivity contribution in [3.63, 3.8) is 0 Å². The van der Waals surface area contributed by atoms with E-state index in [1.54, 1.807) is 0 Å². The van der Waals surface area contributed by atoms with E-state index in [-0.39, 0.29) is 5.41 Å². The van der Waals surface area contributed by atoms with Crippen LogP contribution in [-0.2, 0) is 5.41 Å². The topological polar surface area (TPSA) is 0 Å². The van der Waals surface area contributed by atoms with E-state index in [0.717, 1.165) is 0 Å². The summed E-state index contributed by atoms with van der Waals surface area (Å²) in [6, 6.07) is 67.3. The summed E-state index contributed by atoms with van der Waals surface area (Å²) in [6.45, 7) is 4.74. The van der Waals surface area contributed by atoms with Gasteiger partial charge in [-0.1, -0.05) is 172 Å². The Morgan fingerprint density at radius 3 is 1.41 bits per heavy atom. The predicted octanol–water partition coefficient (Wildman–Crippen LogP) is 14.1. The molecule has 0 heterocycles. The van der Waals surface area contributed by atoms with Crippen molar-refractivity contribution in [3.05, 3.63) is 193 Å². The first-order chi connectivity index (χ1) is 25.0. The molecule has 0 saturated heterocycles. The Morgan fingerprint density at radius 2 is 0.745 bits per heavy atom. The van der Waals surface area contributed by atoms with Crippen molar-refractivity contribution >= 4 is 32.3 Å². The van der Waals surface area contributed by atoms with Crippen LogP contribution in [0.15, 0.2) is 182 Å². The average Bonchev–Trinajstić information content (AvgIpc) is 3.41. The fraction of sp³-hybridized carbons (Fsp3) is 0.0588. The maximum Gasteiger partial charge on any atom is 0.0159 e. The lowest BCUT2D eigenvalue weighted by Gasteiger charge is -2.22. The zero-order valence-corrected chi connectivity index (χ0v) is 28.8. The number of hydrogen-bond donors (Lipinski definition) is 0. The minimum Gasteiger partial charge on any atom is -0.0622 e. The summed E-state index contributed by atoms with van der Waals surface area (Å²) >= 11 is 0. The van der Waals surface area contributed by atoms with E-state index in [1.807, 2.05) is 0 Å². The third-order valence-electron chi connectivity index (χ3n) is 11.2. The van der Waals surface area contributed by atoms with Crippen LogP contribution in [0, 0.1) is 0 Å². The monoisotopic (exact) mass is 648 g/mol. The number of benzene rings is 9. The average molecular weight is 649 g/mol. The number of fused-ring (bicyclic) bond motifs is 6. The van der Waals surface area contributed by atoms with Gasteiger partial charge in [0.05, 0.1) is 0 Å². The summed E-state index contributed by atoms with van der Waals surface area (Å²) < 4.78 is 0. The first kappa shape index (κ1) is 29.7. The van der Waals surface area contributed by atoms with Gasteiger partial charge in [0.2, 0.25) is 0 Å². The number of hydrogen-bond acceptors (Lipinski definition) is 0. The summed E-state index contributed by atoms with van der Waals surface area (Å²) in [7, 11) is 0. The predicted molar refractivity (Wildman–Crippen MR) is 218 cm³/mol. The molecule has 0 spiro atoms. The molecular weight excluding hydrogens is 613 g/mol. The highest BCUT2D eigenvalue weighted by molar-refractivity contribution is 6.21. The Bertz CT molecular complexity index is 2740. The van der Waals surface area contributed by atoms with Crippen LogP contribution in [0.3, 0.4) is 0 Å². The van der Waals surface area contributed by atoms with Crippen LogP contribution in [0.1, 0.15) is 25.0 Å². The molecule has 1 aliphatic carbocycles. The highest BCUT2D eigenvalue weighted by atomic mass is 14.4. The minimum absolute atomic E-state index is 0.0646. The van der Waals surface area contributed by atoms with Crippen LogP contribution >= 0.6 is 0 Å². The Morgan fingerprint density at radius 1 is 0.294 bits per heavy atom. The lowest BCUT2D eigenvalue weighted by molar-refractivity contribution is 0.661. The summed E-state index contributed by atoms with van der Waals surface area (Å²) in [6.07, 6.45) is 0. The molecule has 1 aliphatic rings. The van der Waals surface area contributed by atoms with E-state index in [4.69, 9.17) is 0 Å². The molecule has 0 heteroatoms. The fourth-order valence-electron chi connectivity index (χ4n) is 8.67. The molecule has 240 valence electrons. The first-order valence-electron chi connectivity index (χ1n) is 17.9. The quantitative estimate of drug-likeness (QED) is 0.167. The molecule has 0 aliphatic heterocycles. The van der Waals surface area contributed by atoms with Crippen molar-refractivity contribution in [1.82, 2.24) is 0 Å². The largest absolute Gasteiger partial charge is 0.0622 e. The maximum atomic E-state index is 2.43. The van der Waals surface area contributed by atoms with Crippen LogP contribution in [0.2, 0.25) is 0 Å². The Hall–Kier alpha value is -6.24. The first-order valence-corrected chi connectivity index (χ1v) is 17.9. The van der Waals surface area contributed by atoms with E-state index in [2.05, 4.69) is 196 Å². The van der Waals surface area contributed by atoms with Crippen LogP contribution < -0.4 is 0 Å². The van der Waals surface area contributed by atoms with Crippen LogP contribution in [0.4, 0.5) is 0 Å². The minimum atomic E-state index is -0.0646. The van der Waals surface area contributed by atoms with Gasteiger partial charge in [-0.2, -0.15) is 0 Å². The lowest BCUT2D eigenvalue weighted by Crippen LogP contribution is -2.15. The lowest BCUT2D eigenvalue weighted by atomic mass is 9.81. The van der Waals surface area contributed by atoms with Gasteiger partial charge in [-0.25, -0.2) is 0 Å². The molecule has 0 aromatic heterocycles. The van der Waals surface area contributed by atoms with Crippen LogP contribution in [0.5, 0.6) is 0 Å². The van der Waals surface area contributed by atoms with Gasteiger partial charge in [-0.05, 0) is 123 Å². The molecule has 0 saturated carbocycles. The van der Waals surface area contributed by atoms with Gasteiger partial charge < -0.3 is 0 Å². The van der Waals surface area contributed by atoms with E-state index >= 15 is 0 Å². The molecule has 51 heavy (non-hydrogen) atoms. The molecule has 0 unspecified atom stereocenters. The van der Waals surface area contributed by atoms with Crippen molar-refractivity contribution in [2.75, 3.05) is 0 Å². The van der Waals surface area contributed by atoms with Gasteiger partial charge in [0.25, 0.3) is 0 Å². The van der Waals surface area contributed by atoms with Crippen molar-refractivity contribution in [2.45, 2.75) is 19.3 Å². The smallest absolute Gasteiger partial charge is 0.0159 e. The Balaban J connectivity index is 1.08. The zero-order valence-electron chi connectivity index (χ0n) is 28.8. The second kappa shape index (κ2) is 11.4. The standard InChI is InChI=1S/C51H36/c1-51(2)47-32-39(27-28-41(47)46-30-37-15-6-7-16-38(37)31-48(46)51)34-23-25-35(26-24-34)49-42-19-8-10-21-44(42)50(45-22-11-9-20-43(45)49)40-18-12-17-36(29-40)33-13-4-3-5-14-33/h3-32H,1-2H3. The van der Waals surface area contributed by atoms with E-state index < -0.39 is 0 Å². The number of rotatable bonds is 4. The van der Waals surface area contributed by atoms with Gasteiger partial charge in [0.15, 0.2) is 0 Å². The van der Waals surface area contributed by atoms with Gasteiger partial charge >= 0.3 is 0 Å². The van der Waals surface area contributed by atoms with Crippen molar-refractivity contribution in [2.24, 2.45) is 0 Å². The maximum absolute atomic E-state index is 2.43. The van der Waals surface area contributed by atoms with E-state index in [9.17, 15) is 0 Å². The van der Waals surface area contributed by atoms with E-state index in [0.29, 0.717) is 0 Å². The highest BCUT2D eigenvalue weighted by Crippen LogP contribution is 2.51. The normalized spacial score (nSPS) is 13.1. The van der Waals surface area contributed by atoms with Gasteiger partial charge in [0, 0.05) is 5.41 Å². The molecule has 9 aromatic rings. The second-order valence-electron chi connectivity index (χ2n) is 14.5. The molecule has 0 atom stereocenters. The van der Waals surface area contributed by atoms with Gasteiger partial charge in [-0.3, -0.25) is 0 Å². The SMILES string of the molecule is CC1(C)c2cc(-c3ccc(-c4c5ccccc5c(-c5cccc(-c6ccccc6)c5)c5ccccc45)cc3)ccc2-c2cc3ccccc3cc21. The second-order valence-corrected chi connectivity index (χ2v) is 14.5. The molecule has 10 rings (SSSR count). The molecule has 9 aromatic carbocycles.